The Labute approximate surface area is 160 Å². The first-order valence-electron chi connectivity index (χ1n) is 9.88. The van der Waals surface area contributed by atoms with Crippen molar-refractivity contribution >= 4 is 11.7 Å². The van der Waals surface area contributed by atoms with E-state index >= 15 is 0 Å². The number of nitrogens with one attached hydrogen (secondary N) is 1. The lowest BCUT2D eigenvalue weighted by atomic mass is 9.96. The molecule has 0 unspecified atom stereocenters. The molecule has 0 bridgehead atoms. The molecule has 1 aliphatic rings. The van der Waals surface area contributed by atoms with Gasteiger partial charge in [-0.2, -0.15) is 5.10 Å². The summed E-state index contributed by atoms with van der Waals surface area (Å²) in [6.45, 7) is 2.75. The van der Waals surface area contributed by atoms with Gasteiger partial charge in [-0.1, -0.05) is 32.6 Å². The van der Waals surface area contributed by atoms with Crippen LogP contribution in [-0.4, -0.2) is 29.4 Å². The summed E-state index contributed by atoms with van der Waals surface area (Å²) < 4.78 is 13.1. The van der Waals surface area contributed by atoms with E-state index in [-0.39, 0.29) is 5.91 Å². The predicted molar refractivity (Wildman–Crippen MR) is 106 cm³/mol. The van der Waals surface area contributed by atoms with Crippen LogP contribution in [0.15, 0.2) is 30.5 Å². The van der Waals surface area contributed by atoms with Gasteiger partial charge in [-0.3, -0.25) is 4.79 Å². The van der Waals surface area contributed by atoms with Crippen molar-refractivity contribution in [3.8, 4) is 11.5 Å². The highest BCUT2D eigenvalue weighted by atomic mass is 16.5. The van der Waals surface area contributed by atoms with Crippen molar-refractivity contribution in [3.63, 3.8) is 0 Å². The third-order valence-electron chi connectivity index (χ3n) is 5.01. The zero-order valence-corrected chi connectivity index (χ0v) is 16.2. The molecule has 1 saturated carbocycles. The van der Waals surface area contributed by atoms with E-state index in [1.165, 1.54) is 19.3 Å². The van der Waals surface area contributed by atoms with Gasteiger partial charge >= 0.3 is 0 Å². The molecule has 2 aromatic rings. The number of benzene rings is 1. The van der Waals surface area contributed by atoms with Gasteiger partial charge in [0.15, 0.2) is 11.5 Å². The van der Waals surface area contributed by atoms with Gasteiger partial charge in [-0.15, -0.1) is 0 Å². The molecule has 146 valence electrons. The Hall–Kier alpha value is -2.50. The highest BCUT2D eigenvalue weighted by molar-refractivity contribution is 6.04. The average Bonchev–Trinajstić information content (AvgIpc) is 3.17. The molecule has 3 rings (SSSR count). The fourth-order valence-electron chi connectivity index (χ4n) is 3.47. The molecular weight excluding hydrogens is 342 g/mol. The molecule has 0 aliphatic heterocycles. The molecule has 1 N–H and O–H groups in total. The summed E-state index contributed by atoms with van der Waals surface area (Å²) in [6.07, 6.45) is 9.74. The van der Waals surface area contributed by atoms with Gasteiger partial charge in [-0.05, 0) is 37.5 Å². The molecular formula is C21H29N3O3. The van der Waals surface area contributed by atoms with E-state index in [9.17, 15) is 4.79 Å². The third kappa shape index (κ3) is 4.81. The molecule has 1 aromatic heterocycles. The summed E-state index contributed by atoms with van der Waals surface area (Å²) in [5.74, 6) is 1.80. The van der Waals surface area contributed by atoms with Gasteiger partial charge in [0.25, 0.3) is 5.91 Å². The van der Waals surface area contributed by atoms with Gasteiger partial charge in [0.1, 0.15) is 5.82 Å². The van der Waals surface area contributed by atoms with Crippen LogP contribution in [0, 0.1) is 0 Å². The van der Waals surface area contributed by atoms with Crippen LogP contribution in [0.4, 0.5) is 5.82 Å². The molecule has 1 aromatic carbocycles. The number of hydrogen-bond acceptors (Lipinski definition) is 4. The van der Waals surface area contributed by atoms with Crippen molar-refractivity contribution in [1.29, 1.82) is 0 Å². The first kappa shape index (κ1) is 19.3. The highest BCUT2D eigenvalue weighted by Crippen LogP contribution is 2.31. The zero-order chi connectivity index (χ0) is 19.1. The number of rotatable bonds is 8. The van der Waals surface area contributed by atoms with E-state index in [0.29, 0.717) is 29.7 Å². The summed E-state index contributed by atoms with van der Waals surface area (Å²) in [5, 5.41) is 7.43. The van der Waals surface area contributed by atoms with Crippen LogP contribution in [0.3, 0.4) is 0 Å². The molecule has 1 heterocycles. The van der Waals surface area contributed by atoms with Gasteiger partial charge in [0.2, 0.25) is 0 Å². The quantitative estimate of drug-likeness (QED) is 0.675. The lowest BCUT2D eigenvalue weighted by molar-refractivity contribution is 0.102. The molecule has 1 amide bonds. The fraction of sp³-hybridized carbons (Fsp3) is 0.524. The van der Waals surface area contributed by atoms with Gasteiger partial charge in [0.05, 0.1) is 26.0 Å². The van der Waals surface area contributed by atoms with Crippen molar-refractivity contribution in [2.75, 3.05) is 19.0 Å². The monoisotopic (exact) mass is 371 g/mol. The van der Waals surface area contributed by atoms with Crippen molar-refractivity contribution < 1.29 is 14.3 Å². The third-order valence-corrected chi connectivity index (χ3v) is 5.01. The van der Waals surface area contributed by atoms with E-state index in [4.69, 9.17) is 9.47 Å². The topological polar surface area (TPSA) is 65.4 Å². The first-order valence-corrected chi connectivity index (χ1v) is 9.88. The highest BCUT2D eigenvalue weighted by Gasteiger charge is 2.20. The van der Waals surface area contributed by atoms with Crippen LogP contribution in [0.1, 0.15) is 68.3 Å². The summed E-state index contributed by atoms with van der Waals surface area (Å²) in [6, 6.07) is 7.50. The van der Waals surface area contributed by atoms with Crippen molar-refractivity contribution in [1.82, 2.24) is 9.78 Å². The van der Waals surface area contributed by atoms with Crippen molar-refractivity contribution in [3.05, 3.63) is 36.0 Å². The Morgan fingerprint density at radius 2 is 2.04 bits per heavy atom. The maximum Gasteiger partial charge on any atom is 0.256 e. The first-order chi connectivity index (χ1) is 13.2. The molecule has 27 heavy (non-hydrogen) atoms. The molecule has 1 fully saturated rings. The van der Waals surface area contributed by atoms with Crippen LogP contribution in [0.2, 0.25) is 0 Å². The Bertz CT molecular complexity index is 751. The number of unbranched alkanes of at least 4 members (excludes halogenated alkanes) is 1. The number of aromatic nitrogens is 2. The smallest absolute Gasteiger partial charge is 0.256 e. The minimum absolute atomic E-state index is 0.175. The SMILES string of the molecule is CCCCOc1ccc(C(=O)Nc2ccnn2C2CCCCC2)cc1OC. The standard InChI is InChI=1S/C21H29N3O3/c1-3-4-14-27-18-11-10-16(15-19(18)26-2)21(25)23-20-12-13-22-24(20)17-8-6-5-7-9-17/h10-13,15,17H,3-9,14H2,1-2H3,(H,23,25). The second-order valence-electron chi connectivity index (χ2n) is 6.97. The molecule has 1 aliphatic carbocycles. The zero-order valence-electron chi connectivity index (χ0n) is 16.2. The Morgan fingerprint density at radius 1 is 1.22 bits per heavy atom. The summed E-state index contributed by atoms with van der Waals surface area (Å²) in [7, 11) is 1.59. The average molecular weight is 371 g/mol. The molecule has 0 saturated heterocycles. The number of methoxy groups -OCH3 is 1. The van der Waals surface area contributed by atoms with Crippen LogP contribution in [-0.2, 0) is 0 Å². The van der Waals surface area contributed by atoms with E-state index in [2.05, 4.69) is 17.3 Å². The lowest BCUT2D eigenvalue weighted by Crippen LogP contribution is -2.20. The summed E-state index contributed by atoms with van der Waals surface area (Å²) in [5.41, 5.74) is 0.533. The van der Waals surface area contributed by atoms with Gasteiger partial charge < -0.3 is 14.8 Å². The lowest BCUT2D eigenvalue weighted by Gasteiger charge is -2.24. The van der Waals surface area contributed by atoms with Crippen molar-refractivity contribution in [2.24, 2.45) is 0 Å². The predicted octanol–water partition coefficient (Wildman–Crippen LogP) is 4.83. The molecule has 0 atom stereocenters. The molecule has 0 spiro atoms. The number of amides is 1. The van der Waals surface area contributed by atoms with Crippen LogP contribution in [0.5, 0.6) is 11.5 Å². The van der Waals surface area contributed by atoms with Crippen LogP contribution >= 0.6 is 0 Å². The van der Waals surface area contributed by atoms with Crippen molar-refractivity contribution in [2.45, 2.75) is 57.9 Å². The van der Waals surface area contributed by atoms with E-state index in [0.717, 1.165) is 31.5 Å². The number of anilines is 1. The Balaban J connectivity index is 1.70. The maximum absolute atomic E-state index is 12.7. The van der Waals surface area contributed by atoms with Crippen LogP contribution < -0.4 is 14.8 Å². The number of nitrogens with zero attached hydrogens (tertiary/aromatic N) is 2. The minimum Gasteiger partial charge on any atom is -0.493 e. The number of carbonyl (C=O) groups is 1. The van der Waals surface area contributed by atoms with E-state index in [1.807, 2.05) is 10.7 Å². The fourth-order valence-corrected chi connectivity index (χ4v) is 3.47. The second kappa shape index (κ2) is 9.44. The van der Waals surface area contributed by atoms with Crippen LogP contribution in [0.25, 0.3) is 0 Å². The summed E-state index contributed by atoms with van der Waals surface area (Å²) in [4.78, 5) is 12.7. The molecule has 6 heteroatoms. The normalized spacial score (nSPS) is 14.7. The largest absolute Gasteiger partial charge is 0.493 e. The Kier molecular flexibility index (Phi) is 6.74. The van der Waals surface area contributed by atoms with Gasteiger partial charge in [0, 0.05) is 11.6 Å². The van der Waals surface area contributed by atoms with Gasteiger partial charge in [-0.25, -0.2) is 4.68 Å². The minimum atomic E-state index is -0.175. The number of ether oxygens (including phenoxy) is 2. The summed E-state index contributed by atoms with van der Waals surface area (Å²) >= 11 is 0. The molecule has 6 nitrogen and oxygen atoms in total. The Morgan fingerprint density at radius 3 is 2.78 bits per heavy atom. The number of carbonyl (C=O) groups excluding carboxylic acids is 1. The van der Waals surface area contributed by atoms with E-state index in [1.54, 1.807) is 31.5 Å². The molecule has 0 radical (unpaired) electrons. The maximum atomic E-state index is 12.7. The number of hydrogen-bond donors (Lipinski definition) is 1. The van der Waals surface area contributed by atoms with E-state index < -0.39 is 0 Å². The second-order valence-corrected chi connectivity index (χ2v) is 6.97.